The lowest BCUT2D eigenvalue weighted by Crippen LogP contribution is -2.47. The average Bonchev–Trinajstić information content (AvgIpc) is 2.35. The van der Waals surface area contributed by atoms with Gasteiger partial charge in [-0.25, -0.2) is 0 Å². The maximum Gasteiger partial charge on any atom is 0.0916 e. The van der Waals surface area contributed by atoms with Crippen molar-refractivity contribution in [2.75, 3.05) is 6.54 Å². The number of allylic oxidation sites excluding steroid dienone is 1. The smallest absolute Gasteiger partial charge is 0.0916 e. The molecule has 0 aromatic carbocycles. The van der Waals surface area contributed by atoms with Crippen molar-refractivity contribution in [2.24, 2.45) is 5.73 Å². The molecule has 0 bridgehead atoms. The minimum absolute atomic E-state index is 0.0179. The van der Waals surface area contributed by atoms with Gasteiger partial charge in [0, 0.05) is 18.7 Å². The van der Waals surface area contributed by atoms with Gasteiger partial charge in [-0.05, 0) is 19.8 Å². The van der Waals surface area contributed by atoms with Crippen LogP contribution in [0.1, 0.15) is 26.2 Å². The van der Waals surface area contributed by atoms with Gasteiger partial charge >= 0.3 is 0 Å². The van der Waals surface area contributed by atoms with Gasteiger partial charge in [0.15, 0.2) is 0 Å². The molecule has 2 heterocycles. The van der Waals surface area contributed by atoms with Crippen LogP contribution in [-0.2, 0) is 0 Å². The van der Waals surface area contributed by atoms with Crippen molar-refractivity contribution >= 4 is 0 Å². The Hall–Kier alpha value is -0.500. The van der Waals surface area contributed by atoms with Crippen LogP contribution in [0.3, 0.4) is 0 Å². The van der Waals surface area contributed by atoms with Gasteiger partial charge in [0.1, 0.15) is 0 Å². The van der Waals surface area contributed by atoms with E-state index in [2.05, 4.69) is 17.9 Å². The quantitative estimate of drug-likeness (QED) is 0.542. The van der Waals surface area contributed by atoms with Crippen molar-refractivity contribution in [3.63, 3.8) is 0 Å². The number of fused-ring (bicyclic) bond motifs is 1. The molecule has 0 amide bonds. The Morgan fingerprint density at radius 2 is 2.50 bits per heavy atom. The highest BCUT2D eigenvalue weighted by Crippen LogP contribution is 2.36. The summed E-state index contributed by atoms with van der Waals surface area (Å²) < 4.78 is 0. The second-order valence-electron chi connectivity index (χ2n) is 3.41. The van der Waals surface area contributed by atoms with E-state index in [-0.39, 0.29) is 5.66 Å². The molecule has 1 atom stereocenters. The average molecular weight is 138 g/mol. The Balaban J connectivity index is 2.27. The molecule has 1 fully saturated rings. The summed E-state index contributed by atoms with van der Waals surface area (Å²) >= 11 is 0. The van der Waals surface area contributed by atoms with Crippen LogP contribution in [0.25, 0.3) is 0 Å². The third kappa shape index (κ3) is 0.626. The molecule has 1 unspecified atom stereocenters. The van der Waals surface area contributed by atoms with E-state index >= 15 is 0 Å². The summed E-state index contributed by atoms with van der Waals surface area (Å²) in [5, 5.41) is 0. The zero-order chi connectivity index (χ0) is 7.19. The van der Waals surface area contributed by atoms with Gasteiger partial charge in [0.2, 0.25) is 0 Å². The number of hydrogen-bond donors (Lipinski definition) is 1. The predicted octanol–water partition coefficient (Wildman–Crippen LogP) is 1.04. The van der Waals surface area contributed by atoms with Crippen LogP contribution in [0.2, 0.25) is 0 Å². The molecule has 0 aromatic heterocycles. The van der Waals surface area contributed by atoms with Gasteiger partial charge < -0.3 is 10.6 Å². The molecular formula is C8H14N2. The molecule has 2 nitrogen and oxygen atoms in total. The molecule has 2 rings (SSSR count). The summed E-state index contributed by atoms with van der Waals surface area (Å²) in [5.41, 5.74) is 7.52. The van der Waals surface area contributed by atoms with Crippen LogP contribution in [-0.4, -0.2) is 17.1 Å². The molecule has 56 valence electrons. The third-order valence-electron chi connectivity index (χ3n) is 2.71. The predicted molar refractivity (Wildman–Crippen MR) is 41.2 cm³/mol. The van der Waals surface area contributed by atoms with E-state index in [4.69, 9.17) is 5.73 Å². The Kier molecular flexibility index (Phi) is 1.09. The molecule has 2 aliphatic rings. The van der Waals surface area contributed by atoms with E-state index in [1.165, 1.54) is 25.1 Å². The monoisotopic (exact) mass is 138 g/mol. The van der Waals surface area contributed by atoms with Crippen LogP contribution in [0.15, 0.2) is 11.8 Å². The van der Waals surface area contributed by atoms with E-state index in [0.29, 0.717) is 0 Å². The molecule has 0 aliphatic carbocycles. The molecule has 0 aromatic rings. The highest BCUT2D eigenvalue weighted by Gasteiger charge is 2.39. The van der Waals surface area contributed by atoms with Gasteiger partial charge in [-0.3, -0.25) is 0 Å². The zero-order valence-corrected chi connectivity index (χ0v) is 6.43. The SMILES string of the molecule is CC1=CCC2(N)CCCN12. The van der Waals surface area contributed by atoms with Crippen LogP contribution < -0.4 is 5.73 Å². The molecule has 0 saturated carbocycles. The topological polar surface area (TPSA) is 29.3 Å². The summed E-state index contributed by atoms with van der Waals surface area (Å²) in [6.45, 7) is 3.32. The molecule has 10 heavy (non-hydrogen) atoms. The van der Waals surface area contributed by atoms with Crippen molar-refractivity contribution < 1.29 is 0 Å². The van der Waals surface area contributed by atoms with E-state index in [0.717, 1.165) is 6.42 Å². The molecule has 2 aliphatic heterocycles. The van der Waals surface area contributed by atoms with Crippen LogP contribution in [0.4, 0.5) is 0 Å². The minimum Gasteiger partial charge on any atom is -0.357 e. The van der Waals surface area contributed by atoms with Gasteiger partial charge in [0.25, 0.3) is 0 Å². The molecule has 1 saturated heterocycles. The largest absolute Gasteiger partial charge is 0.357 e. The first-order chi connectivity index (χ1) is 4.72. The lowest BCUT2D eigenvalue weighted by Gasteiger charge is -2.30. The highest BCUT2D eigenvalue weighted by molar-refractivity contribution is 5.16. The number of hydrogen-bond acceptors (Lipinski definition) is 2. The Morgan fingerprint density at radius 3 is 3.20 bits per heavy atom. The molecule has 2 heteroatoms. The highest BCUT2D eigenvalue weighted by atomic mass is 15.3. The Morgan fingerprint density at radius 1 is 1.70 bits per heavy atom. The summed E-state index contributed by atoms with van der Waals surface area (Å²) in [5.74, 6) is 0. The van der Waals surface area contributed by atoms with Crippen molar-refractivity contribution in [3.8, 4) is 0 Å². The summed E-state index contributed by atoms with van der Waals surface area (Å²) in [6.07, 6.45) is 5.74. The van der Waals surface area contributed by atoms with Crippen molar-refractivity contribution in [1.29, 1.82) is 0 Å². The van der Waals surface area contributed by atoms with Gasteiger partial charge in [0.05, 0.1) is 5.66 Å². The van der Waals surface area contributed by atoms with Gasteiger partial charge in [-0.1, -0.05) is 6.08 Å². The first-order valence-corrected chi connectivity index (χ1v) is 3.96. The lowest BCUT2D eigenvalue weighted by molar-refractivity contribution is 0.219. The van der Waals surface area contributed by atoms with E-state index in [1.54, 1.807) is 0 Å². The maximum atomic E-state index is 6.13. The number of nitrogens with zero attached hydrogens (tertiary/aromatic N) is 1. The second-order valence-corrected chi connectivity index (χ2v) is 3.41. The van der Waals surface area contributed by atoms with Crippen LogP contribution in [0, 0.1) is 0 Å². The van der Waals surface area contributed by atoms with Crippen molar-refractivity contribution in [3.05, 3.63) is 11.8 Å². The fourth-order valence-electron chi connectivity index (χ4n) is 2.08. The fourth-order valence-corrected chi connectivity index (χ4v) is 2.08. The lowest BCUT2D eigenvalue weighted by atomic mass is 10.1. The van der Waals surface area contributed by atoms with Crippen molar-refractivity contribution in [1.82, 2.24) is 4.90 Å². The Labute approximate surface area is 61.7 Å². The standard InChI is InChI=1S/C8H14N2/c1-7-3-5-8(9)4-2-6-10(7)8/h3H,2,4-6,9H2,1H3. The fraction of sp³-hybridized carbons (Fsp3) is 0.750. The van der Waals surface area contributed by atoms with Gasteiger partial charge in [-0.15, -0.1) is 0 Å². The maximum absolute atomic E-state index is 6.13. The number of rotatable bonds is 0. The Bertz CT molecular complexity index is 186. The third-order valence-corrected chi connectivity index (χ3v) is 2.71. The van der Waals surface area contributed by atoms with Crippen molar-refractivity contribution in [2.45, 2.75) is 31.8 Å². The normalized spacial score (nSPS) is 38.2. The first-order valence-electron chi connectivity index (χ1n) is 3.96. The first kappa shape index (κ1) is 6.23. The van der Waals surface area contributed by atoms with Gasteiger partial charge in [-0.2, -0.15) is 0 Å². The molecule has 0 spiro atoms. The molecule has 2 N–H and O–H groups in total. The van der Waals surface area contributed by atoms with Crippen LogP contribution >= 0.6 is 0 Å². The van der Waals surface area contributed by atoms with Crippen LogP contribution in [0.5, 0.6) is 0 Å². The number of nitrogens with two attached hydrogens (primary N) is 1. The molecule has 0 radical (unpaired) electrons. The van der Waals surface area contributed by atoms with E-state index < -0.39 is 0 Å². The van der Waals surface area contributed by atoms with E-state index in [1.807, 2.05) is 0 Å². The summed E-state index contributed by atoms with van der Waals surface area (Å²) in [4.78, 5) is 2.34. The summed E-state index contributed by atoms with van der Waals surface area (Å²) in [6, 6.07) is 0. The second kappa shape index (κ2) is 1.76. The van der Waals surface area contributed by atoms with E-state index in [9.17, 15) is 0 Å². The minimum atomic E-state index is 0.0179. The molecular weight excluding hydrogens is 124 g/mol. The zero-order valence-electron chi connectivity index (χ0n) is 6.43. The summed E-state index contributed by atoms with van der Waals surface area (Å²) in [7, 11) is 0.